The molecule has 0 saturated heterocycles. The number of halogens is 1. The van der Waals surface area contributed by atoms with Gasteiger partial charge in [-0.05, 0) is 75.1 Å². The van der Waals surface area contributed by atoms with Gasteiger partial charge in [0, 0.05) is 16.6 Å². The quantitative estimate of drug-likeness (QED) is 0.524. The molecule has 0 heterocycles. The monoisotopic (exact) mass is 413 g/mol. The number of hydrogen-bond acceptors (Lipinski definition) is 4. The van der Waals surface area contributed by atoms with Gasteiger partial charge in [0.1, 0.15) is 5.75 Å². The van der Waals surface area contributed by atoms with Crippen LogP contribution in [0.1, 0.15) is 37.8 Å². The van der Waals surface area contributed by atoms with Crippen LogP contribution in [0.4, 0.5) is 5.69 Å². The molecular formula is C22H24ClN3O3. The van der Waals surface area contributed by atoms with Crippen LogP contribution in [0.25, 0.3) is 0 Å². The van der Waals surface area contributed by atoms with Gasteiger partial charge in [-0.15, -0.1) is 0 Å². The summed E-state index contributed by atoms with van der Waals surface area (Å²) < 4.78 is 5.70. The van der Waals surface area contributed by atoms with Gasteiger partial charge in [-0.1, -0.05) is 23.7 Å². The maximum atomic E-state index is 12.3. The topological polar surface area (TPSA) is 79.8 Å². The standard InChI is InChI=1S/C22H24ClN3O3/c1-13-12-18(23)8-11-20(13)29-15(3)21(27)26-25-14(2)16-6-9-19(10-7-16)24-22(28)17-4-5-17/h6-12,15,17H,4-5H2,1-3H3,(H,24,28)(H,26,27)/b25-14+. The fraction of sp³-hybridized carbons (Fsp3) is 0.318. The van der Waals surface area contributed by atoms with E-state index < -0.39 is 6.10 Å². The van der Waals surface area contributed by atoms with Crippen molar-refractivity contribution in [3.63, 3.8) is 0 Å². The molecule has 3 rings (SSSR count). The number of anilines is 1. The van der Waals surface area contributed by atoms with Crippen molar-refractivity contribution < 1.29 is 14.3 Å². The van der Waals surface area contributed by atoms with Gasteiger partial charge in [-0.25, -0.2) is 5.43 Å². The third-order valence-corrected chi connectivity index (χ3v) is 4.90. The van der Waals surface area contributed by atoms with E-state index in [9.17, 15) is 9.59 Å². The molecule has 29 heavy (non-hydrogen) atoms. The zero-order chi connectivity index (χ0) is 21.0. The van der Waals surface area contributed by atoms with Gasteiger partial charge in [0.25, 0.3) is 5.91 Å². The molecule has 0 aromatic heterocycles. The number of amides is 2. The molecule has 0 radical (unpaired) electrons. The maximum Gasteiger partial charge on any atom is 0.280 e. The van der Waals surface area contributed by atoms with E-state index in [1.54, 1.807) is 32.0 Å². The largest absolute Gasteiger partial charge is 0.481 e. The molecule has 1 aliphatic carbocycles. The van der Waals surface area contributed by atoms with E-state index in [0.29, 0.717) is 16.5 Å². The number of hydrazone groups is 1. The van der Waals surface area contributed by atoms with Crippen LogP contribution in [-0.2, 0) is 9.59 Å². The van der Waals surface area contributed by atoms with Crippen LogP contribution in [0.2, 0.25) is 5.02 Å². The van der Waals surface area contributed by atoms with Gasteiger partial charge in [-0.3, -0.25) is 9.59 Å². The Morgan fingerprint density at radius 2 is 1.86 bits per heavy atom. The van der Waals surface area contributed by atoms with Crippen molar-refractivity contribution in [2.75, 3.05) is 5.32 Å². The summed E-state index contributed by atoms with van der Waals surface area (Å²) >= 11 is 5.94. The first kappa shape index (κ1) is 20.9. The Morgan fingerprint density at radius 3 is 2.48 bits per heavy atom. The third kappa shape index (κ3) is 5.81. The molecule has 1 atom stereocenters. The van der Waals surface area contributed by atoms with Gasteiger partial charge in [0.2, 0.25) is 5.91 Å². The Kier molecular flexibility index (Phi) is 6.54. The second-order valence-corrected chi connectivity index (χ2v) is 7.62. The number of hydrogen-bond donors (Lipinski definition) is 2. The van der Waals surface area contributed by atoms with Gasteiger partial charge in [-0.2, -0.15) is 5.10 Å². The van der Waals surface area contributed by atoms with Crippen LogP contribution < -0.4 is 15.5 Å². The lowest BCUT2D eigenvalue weighted by Gasteiger charge is -2.15. The Hall–Kier alpha value is -2.86. The van der Waals surface area contributed by atoms with Crippen molar-refractivity contribution in [1.82, 2.24) is 5.43 Å². The van der Waals surface area contributed by atoms with Crippen molar-refractivity contribution in [2.24, 2.45) is 11.0 Å². The molecule has 0 spiro atoms. The first-order valence-corrected chi connectivity index (χ1v) is 9.89. The minimum atomic E-state index is -0.716. The molecule has 7 heteroatoms. The third-order valence-electron chi connectivity index (χ3n) is 4.66. The van der Waals surface area contributed by atoms with Crippen molar-refractivity contribution in [2.45, 2.75) is 39.7 Å². The Balaban J connectivity index is 1.55. The van der Waals surface area contributed by atoms with E-state index in [1.165, 1.54) is 0 Å². The summed E-state index contributed by atoms with van der Waals surface area (Å²) in [6.45, 7) is 5.32. The normalized spacial score (nSPS) is 14.8. The molecule has 1 unspecified atom stereocenters. The molecule has 2 N–H and O–H groups in total. The van der Waals surface area contributed by atoms with Gasteiger partial charge >= 0.3 is 0 Å². The highest BCUT2D eigenvalue weighted by molar-refractivity contribution is 6.30. The lowest BCUT2D eigenvalue weighted by atomic mass is 10.1. The number of ether oxygens (including phenoxy) is 1. The summed E-state index contributed by atoms with van der Waals surface area (Å²) in [5, 5.41) is 7.66. The van der Waals surface area contributed by atoms with Crippen molar-refractivity contribution >= 4 is 34.8 Å². The minimum Gasteiger partial charge on any atom is -0.481 e. The second kappa shape index (κ2) is 9.09. The van der Waals surface area contributed by atoms with Gasteiger partial charge < -0.3 is 10.1 Å². The van der Waals surface area contributed by atoms with Crippen molar-refractivity contribution in [1.29, 1.82) is 0 Å². The number of aryl methyl sites for hydroxylation is 1. The van der Waals surface area contributed by atoms with E-state index in [0.717, 1.165) is 29.7 Å². The number of rotatable bonds is 7. The number of carbonyl (C=O) groups is 2. The van der Waals surface area contributed by atoms with Crippen LogP contribution in [0.3, 0.4) is 0 Å². The predicted molar refractivity (Wildman–Crippen MR) is 114 cm³/mol. The lowest BCUT2D eigenvalue weighted by molar-refractivity contribution is -0.127. The Labute approximate surface area is 175 Å². The Morgan fingerprint density at radius 1 is 1.17 bits per heavy atom. The highest BCUT2D eigenvalue weighted by Crippen LogP contribution is 2.30. The molecule has 152 valence electrons. The molecule has 1 fully saturated rings. The first-order chi connectivity index (χ1) is 13.8. The first-order valence-electron chi connectivity index (χ1n) is 9.51. The molecular weight excluding hydrogens is 390 g/mol. The van der Waals surface area contributed by atoms with Crippen LogP contribution in [0, 0.1) is 12.8 Å². The van der Waals surface area contributed by atoms with Crippen LogP contribution in [-0.4, -0.2) is 23.6 Å². The highest BCUT2D eigenvalue weighted by atomic mass is 35.5. The van der Waals surface area contributed by atoms with E-state index in [-0.39, 0.29) is 17.7 Å². The van der Waals surface area contributed by atoms with Gasteiger partial charge in [0.05, 0.1) is 5.71 Å². The van der Waals surface area contributed by atoms with Crippen LogP contribution in [0.15, 0.2) is 47.6 Å². The summed E-state index contributed by atoms with van der Waals surface area (Å²) in [7, 11) is 0. The molecule has 2 aromatic carbocycles. The smallest absolute Gasteiger partial charge is 0.280 e. The average molecular weight is 414 g/mol. The molecule has 1 saturated carbocycles. The van der Waals surface area contributed by atoms with Gasteiger partial charge in [0.15, 0.2) is 6.10 Å². The summed E-state index contributed by atoms with van der Waals surface area (Å²) in [5.41, 5.74) is 5.63. The van der Waals surface area contributed by atoms with Crippen LogP contribution >= 0.6 is 11.6 Å². The summed E-state index contributed by atoms with van der Waals surface area (Å²) in [6.07, 6.45) is 1.22. The zero-order valence-corrected chi connectivity index (χ0v) is 17.4. The average Bonchev–Trinajstić information content (AvgIpc) is 3.54. The van der Waals surface area contributed by atoms with E-state index in [4.69, 9.17) is 16.3 Å². The fourth-order valence-corrected chi connectivity index (χ4v) is 2.89. The number of carbonyl (C=O) groups excluding carboxylic acids is 2. The minimum absolute atomic E-state index is 0.0697. The molecule has 1 aliphatic rings. The predicted octanol–water partition coefficient (Wildman–Crippen LogP) is 4.30. The lowest BCUT2D eigenvalue weighted by Crippen LogP contribution is -2.34. The molecule has 0 aliphatic heterocycles. The Bertz CT molecular complexity index is 937. The number of nitrogens with one attached hydrogen (secondary N) is 2. The zero-order valence-electron chi connectivity index (χ0n) is 16.7. The van der Waals surface area contributed by atoms with E-state index in [2.05, 4.69) is 15.8 Å². The maximum absolute atomic E-state index is 12.3. The van der Waals surface area contributed by atoms with Crippen LogP contribution in [0.5, 0.6) is 5.75 Å². The number of benzene rings is 2. The summed E-state index contributed by atoms with van der Waals surface area (Å²) in [4.78, 5) is 24.1. The molecule has 2 aromatic rings. The molecule has 6 nitrogen and oxygen atoms in total. The number of nitrogens with zero attached hydrogens (tertiary/aromatic N) is 1. The SMILES string of the molecule is C/C(=N\NC(=O)C(C)Oc1ccc(Cl)cc1C)c1ccc(NC(=O)C2CC2)cc1. The second-order valence-electron chi connectivity index (χ2n) is 7.18. The summed E-state index contributed by atoms with van der Waals surface area (Å²) in [5.74, 6) is 0.475. The molecule has 0 bridgehead atoms. The van der Waals surface area contributed by atoms with Crippen molar-refractivity contribution in [3.05, 3.63) is 58.6 Å². The fourth-order valence-electron chi connectivity index (χ4n) is 2.67. The highest BCUT2D eigenvalue weighted by Gasteiger charge is 2.29. The van der Waals surface area contributed by atoms with Crippen molar-refractivity contribution in [3.8, 4) is 5.75 Å². The van der Waals surface area contributed by atoms with E-state index in [1.807, 2.05) is 31.2 Å². The summed E-state index contributed by atoms with van der Waals surface area (Å²) in [6, 6.07) is 12.6. The van der Waals surface area contributed by atoms with E-state index >= 15 is 0 Å². The molecule has 2 amide bonds.